The first kappa shape index (κ1) is 37.1. The SMILES string of the molecule is O=[N+]([O-])c1cccc(CBr)c1.O=[N+]([O-])c1cccc(COc2ccc(C(F)(F)F)cc2Cl)c1.Oc1ccc(C(F)(F)F)cc1Cl. The summed E-state index contributed by atoms with van der Waals surface area (Å²) in [5.74, 6) is -0.286. The van der Waals surface area contributed by atoms with E-state index in [1.807, 2.05) is 6.07 Å². The topological polar surface area (TPSA) is 116 Å². The summed E-state index contributed by atoms with van der Waals surface area (Å²) < 4.78 is 78.7. The first-order valence-corrected chi connectivity index (χ1v) is 13.9. The highest BCUT2D eigenvalue weighted by molar-refractivity contribution is 9.08. The van der Waals surface area contributed by atoms with E-state index in [-0.39, 0.29) is 39.5 Å². The van der Waals surface area contributed by atoms with Crippen molar-refractivity contribution in [3.63, 3.8) is 0 Å². The molecular formula is C28H19BrCl2F6N2O6. The van der Waals surface area contributed by atoms with Crippen molar-refractivity contribution in [1.82, 2.24) is 0 Å². The first-order valence-electron chi connectivity index (χ1n) is 12.0. The molecule has 0 amide bonds. The lowest BCUT2D eigenvalue weighted by Crippen LogP contribution is -2.05. The smallest absolute Gasteiger partial charge is 0.416 e. The number of rotatable bonds is 6. The molecule has 0 saturated heterocycles. The largest absolute Gasteiger partial charge is 0.506 e. The Morgan fingerprint density at radius 2 is 1.18 bits per heavy atom. The Kier molecular flexibility index (Phi) is 13.4. The van der Waals surface area contributed by atoms with Crippen LogP contribution >= 0.6 is 39.1 Å². The fraction of sp³-hybridized carbons (Fsp3) is 0.143. The second-order valence-corrected chi connectivity index (χ2v) is 9.96. The highest BCUT2D eigenvalue weighted by Gasteiger charge is 2.31. The normalized spacial score (nSPS) is 11.0. The molecule has 4 rings (SSSR count). The minimum absolute atomic E-state index is 0.0488. The molecule has 0 unspecified atom stereocenters. The monoisotopic (exact) mass is 742 g/mol. The lowest BCUT2D eigenvalue weighted by molar-refractivity contribution is -0.385. The maximum absolute atomic E-state index is 12.5. The number of ether oxygens (including phenoxy) is 1. The third-order valence-corrected chi connectivity index (χ3v) is 6.57. The molecule has 8 nitrogen and oxygen atoms in total. The van der Waals surface area contributed by atoms with Gasteiger partial charge in [-0.2, -0.15) is 26.3 Å². The molecule has 0 heterocycles. The number of halogens is 9. The van der Waals surface area contributed by atoms with E-state index in [0.29, 0.717) is 17.0 Å². The van der Waals surface area contributed by atoms with Gasteiger partial charge in [-0.25, -0.2) is 0 Å². The summed E-state index contributed by atoms with van der Waals surface area (Å²) in [5.41, 5.74) is -0.281. The van der Waals surface area contributed by atoms with Gasteiger partial charge >= 0.3 is 12.4 Å². The Morgan fingerprint density at radius 1 is 0.711 bits per heavy atom. The molecule has 0 aliphatic heterocycles. The molecule has 45 heavy (non-hydrogen) atoms. The Balaban J connectivity index is 0.000000259. The van der Waals surface area contributed by atoms with Crippen LogP contribution in [-0.4, -0.2) is 15.0 Å². The molecule has 0 atom stereocenters. The molecular weight excluding hydrogens is 725 g/mol. The van der Waals surface area contributed by atoms with Crippen molar-refractivity contribution in [2.24, 2.45) is 0 Å². The van der Waals surface area contributed by atoms with Gasteiger partial charge in [0.25, 0.3) is 11.4 Å². The van der Waals surface area contributed by atoms with Gasteiger partial charge in [0, 0.05) is 29.6 Å². The number of phenolic OH excluding ortho intramolecular Hbond substituents is 1. The van der Waals surface area contributed by atoms with E-state index < -0.39 is 33.3 Å². The molecule has 0 radical (unpaired) electrons. The Morgan fingerprint density at radius 3 is 1.62 bits per heavy atom. The van der Waals surface area contributed by atoms with Crippen molar-refractivity contribution in [3.8, 4) is 11.5 Å². The zero-order valence-corrected chi connectivity index (χ0v) is 25.4. The lowest BCUT2D eigenvalue weighted by Gasteiger charge is -2.11. The summed E-state index contributed by atoms with van der Waals surface area (Å²) in [6.45, 7) is -0.0488. The summed E-state index contributed by atoms with van der Waals surface area (Å²) >= 11 is 14.2. The van der Waals surface area contributed by atoms with Crippen LogP contribution in [0.4, 0.5) is 37.7 Å². The van der Waals surface area contributed by atoms with Crippen LogP contribution in [0.15, 0.2) is 84.9 Å². The van der Waals surface area contributed by atoms with E-state index >= 15 is 0 Å². The number of benzene rings is 4. The molecule has 0 spiro atoms. The Hall–Kier alpha value is -4.08. The molecule has 17 heteroatoms. The third kappa shape index (κ3) is 12.1. The van der Waals surface area contributed by atoms with Gasteiger partial charge in [-0.05, 0) is 47.5 Å². The highest BCUT2D eigenvalue weighted by Crippen LogP contribution is 2.35. The quantitative estimate of drug-likeness (QED) is 0.0910. The fourth-order valence-electron chi connectivity index (χ4n) is 3.15. The molecule has 240 valence electrons. The van der Waals surface area contributed by atoms with E-state index in [0.717, 1.165) is 35.9 Å². The number of nitro groups is 2. The highest BCUT2D eigenvalue weighted by atomic mass is 79.9. The number of nitrogens with zero attached hydrogens (tertiary/aromatic N) is 2. The van der Waals surface area contributed by atoms with Gasteiger partial charge in [-0.1, -0.05) is 63.4 Å². The third-order valence-electron chi connectivity index (χ3n) is 5.33. The van der Waals surface area contributed by atoms with Gasteiger partial charge in [0.15, 0.2) is 0 Å². The predicted octanol–water partition coefficient (Wildman–Crippen LogP) is 10.4. The van der Waals surface area contributed by atoms with Crippen LogP contribution in [0.2, 0.25) is 10.0 Å². The van der Waals surface area contributed by atoms with Gasteiger partial charge in [0.1, 0.15) is 18.1 Å². The molecule has 0 aromatic heterocycles. The van der Waals surface area contributed by atoms with Gasteiger partial charge in [0.2, 0.25) is 0 Å². The van der Waals surface area contributed by atoms with Crippen molar-refractivity contribution >= 4 is 50.5 Å². The molecule has 0 saturated carbocycles. The lowest BCUT2D eigenvalue weighted by atomic mass is 10.2. The van der Waals surface area contributed by atoms with Crippen molar-refractivity contribution in [2.45, 2.75) is 24.3 Å². The molecule has 0 aliphatic rings. The van der Waals surface area contributed by atoms with Crippen molar-refractivity contribution in [3.05, 3.63) is 137 Å². The van der Waals surface area contributed by atoms with Gasteiger partial charge in [-0.15, -0.1) is 0 Å². The van der Waals surface area contributed by atoms with E-state index in [1.54, 1.807) is 18.2 Å². The van der Waals surface area contributed by atoms with Crippen LogP contribution in [0, 0.1) is 20.2 Å². The Bertz CT molecular complexity index is 1640. The zero-order valence-electron chi connectivity index (χ0n) is 22.3. The first-order chi connectivity index (χ1) is 20.9. The zero-order chi connectivity index (χ0) is 33.9. The van der Waals surface area contributed by atoms with Gasteiger partial charge in [-0.3, -0.25) is 20.2 Å². The van der Waals surface area contributed by atoms with E-state index in [1.165, 1.54) is 24.3 Å². The molecule has 1 N–H and O–H groups in total. The molecule has 0 bridgehead atoms. The fourth-order valence-corrected chi connectivity index (χ4v) is 3.92. The average molecular weight is 744 g/mol. The van der Waals surface area contributed by atoms with Crippen LogP contribution < -0.4 is 4.74 Å². The van der Waals surface area contributed by atoms with E-state index in [4.69, 9.17) is 33.0 Å². The number of phenols is 1. The van der Waals surface area contributed by atoms with Crippen LogP contribution in [0.1, 0.15) is 22.3 Å². The van der Waals surface area contributed by atoms with E-state index in [2.05, 4.69) is 15.9 Å². The number of hydrogen-bond donors (Lipinski definition) is 1. The molecule has 4 aromatic carbocycles. The van der Waals surface area contributed by atoms with Crippen LogP contribution in [0.3, 0.4) is 0 Å². The minimum atomic E-state index is -4.48. The summed E-state index contributed by atoms with van der Waals surface area (Å²) in [6, 6.07) is 17.4. The number of aromatic hydroxyl groups is 1. The molecule has 0 fully saturated rings. The summed E-state index contributed by atoms with van der Waals surface area (Å²) in [4.78, 5) is 20.0. The number of nitro benzene ring substituents is 2. The van der Waals surface area contributed by atoms with Crippen LogP contribution in [0.25, 0.3) is 0 Å². The Labute approximate surface area is 269 Å². The summed E-state index contributed by atoms with van der Waals surface area (Å²) in [5, 5.41) is 29.9. The average Bonchev–Trinajstić information content (AvgIpc) is 2.97. The van der Waals surface area contributed by atoms with Crippen molar-refractivity contribution in [2.75, 3.05) is 0 Å². The summed E-state index contributed by atoms with van der Waals surface area (Å²) in [6.07, 6.45) is -8.90. The van der Waals surface area contributed by atoms with E-state index in [9.17, 15) is 46.6 Å². The summed E-state index contributed by atoms with van der Waals surface area (Å²) in [7, 11) is 0. The van der Waals surface area contributed by atoms with Crippen molar-refractivity contribution < 1.29 is 46.0 Å². The van der Waals surface area contributed by atoms with Gasteiger partial charge < -0.3 is 9.84 Å². The predicted molar refractivity (Wildman–Crippen MR) is 158 cm³/mol. The maximum atomic E-state index is 12.5. The number of alkyl halides is 7. The number of non-ortho nitro benzene ring substituents is 2. The minimum Gasteiger partial charge on any atom is -0.506 e. The standard InChI is InChI=1S/C14H9ClF3NO3.C7H6BrNO2.C7H4ClF3O/c15-12-7-10(14(16,17)18)4-5-13(12)22-8-9-2-1-3-11(6-9)19(20)21;8-5-6-2-1-3-7(4-6)9(10)11;8-5-3-4(7(9,10)11)1-2-6(5)12/h1-7H,8H2;1-4H,5H2;1-3,12H. The second-order valence-electron chi connectivity index (χ2n) is 8.58. The second kappa shape index (κ2) is 16.3. The van der Waals surface area contributed by atoms with Crippen LogP contribution in [0.5, 0.6) is 11.5 Å². The van der Waals surface area contributed by atoms with Crippen molar-refractivity contribution in [1.29, 1.82) is 0 Å². The number of hydrogen-bond acceptors (Lipinski definition) is 6. The maximum Gasteiger partial charge on any atom is 0.416 e. The van der Waals surface area contributed by atoms with Gasteiger partial charge in [0.05, 0.1) is 31.0 Å². The molecule has 4 aromatic rings. The van der Waals surface area contributed by atoms with Crippen LogP contribution in [-0.2, 0) is 24.3 Å². The molecule has 0 aliphatic carbocycles.